The minimum absolute atomic E-state index is 0. The van der Waals surface area contributed by atoms with Crippen molar-refractivity contribution < 1.29 is 9.47 Å². The molecule has 1 heterocycles. The Labute approximate surface area is 219 Å². The Morgan fingerprint density at radius 3 is 2.52 bits per heavy atom. The summed E-state index contributed by atoms with van der Waals surface area (Å²) >= 11 is 0. The second-order valence-electron chi connectivity index (χ2n) is 9.01. The first-order valence-electron chi connectivity index (χ1n) is 12.5. The van der Waals surface area contributed by atoms with Crippen molar-refractivity contribution in [1.82, 2.24) is 15.5 Å². The first-order valence-corrected chi connectivity index (χ1v) is 12.5. The molecule has 1 saturated heterocycles. The van der Waals surface area contributed by atoms with E-state index in [1.54, 1.807) is 7.11 Å². The van der Waals surface area contributed by atoms with Crippen molar-refractivity contribution in [1.29, 1.82) is 0 Å². The fourth-order valence-corrected chi connectivity index (χ4v) is 4.53. The van der Waals surface area contributed by atoms with Crippen LogP contribution >= 0.6 is 24.0 Å². The van der Waals surface area contributed by atoms with Crippen LogP contribution in [0.5, 0.6) is 5.75 Å². The molecule has 0 saturated carbocycles. The summed E-state index contributed by atoms with van der Waals surface area (Å²) in [5, 5.41) is 7.08. The first-order chi connectivity index (χ1) is 15.5. The topological polar surface area (TPSA) is 58.1 Å². The third kappa shape index (κ3) is 9.25. The molecule has 1 atom stereocenters. The number of aliphatic imine (C=N–C) groups is 1. The van der Waals surface area contributed by atoms with Gasteiger partial charge in [0.25, 0.3) is 0 Å². The van der Waals surface area contributed by atoms with E-state index in [1.165, 1.54) is 17.5 Å². The van der Waals surface area contributed by atoms with Crippen molar-refractivity contribution >= 4 is 29.9 Å². The van der Waals surface area contributed by atoms with Crippen molar-refractivity contribution in [2.75, 3.05) is 53.0 Å². The van der Waals surface area contributed by atoms with Crippen LogP contribution in [0.15, 0.2) is 23.2 Å². The summed E-state index contributed by atoms with van der Waals surface area (Å²) in [5.74, 6) is 1.86. The van der Waals surface area contributed by atoms with Crippen molar-refractivity contribution in [2.24, 2.45) is 4.99 Å². The van der Waals surface area contributed by atoms with Gasteiger partial charge in [-0.3, -0.25) is 4.99 Å². The van der Waals surface area contributed by atoms with Crippen LogP contribution in [0.2, 0.25) is 0 Å². The van der Waals surface area contributed by atoms with Crippen LogP contribution in [0.1, 0.15) is 64.5 Å². The molecule has 2 N–H and O–H groups in total. The van der Waals surface area contributed by atoms with Crippen molar-refractivity contribution in [2.45, 2.75) is 71.8 Å². The molecule has 0 aromatic heterocycles. The summed E-state index contributed by atoms with van der Waals surface area (Å²) in [6.07, 6.45) is 4.23. The van der Waals surface area contributed by atoms with Crippen LogP contribution in [0, 0.1) is 6.92 Å². The van der Waals surface area contributed by atoms with E-state index >= 15 is 0 Å². The maximum absolute atomic E-state index is 5.75. The normalized spacial score (nSPS) is 16.8. The number of hydrogen-bond donors (Lipinski definition) is 2. The molecule has 0 aliphatic carbocycles. The zero-order chi connectivity index (χ0) is 23.4. The second kappa shape index (κ2) is 15.8. The van der Waals surface area contributed by atoms with Crippen molar-refractivity contribution in [3.63, 3.8) is 0 Å². The van der Waals surface area contributed by atoms with Gasteiger partial charge in [0, 0.05) is 36.8 Å². The van der Waals surface area contributed by atoms with E-state index < -0.39 is 0 Å². The number of ether oxygens (including phenoxy) is 2. The number of aryl methyl sites for hydroxylation is 1. The molecule has 7 heteroatoms. The number of halogens is 1. The summed E-state index contributed by atoms with van der Waals surface area (Å²) in [7, 11) is 1.76. The highest BCUT2D eigenvalue weighted by Gasteiger charge is 2.37. The molecule has 2 rings (SSSR count). The molecule has 6 nitrogen and oxygen atoms in total. The van der Waals surface area contributed by atoms with Gasteiger partial charge >= 0.3 is 0 Å². The quantitative estimate of drug-likeness (QED) is 0.215. The zero-order valence-corrected chi connectivity index (χ0v) is 24.0. The van der Waals surface area contributed by atoms with Gasteiger partial charge < -0.3 is 25.0 Å². The van der Waals surface area contributed by atoms with E-state index in [-0.39, 0.29) is 29.4 Å². The number of guanidine groups is 1. The number of hydrogen-bond acceptors (Lipinski definition) is 4. The molecule has 1 aliphatic rings. The monoisotopic (exact) mass is 574 g/mol. The van der Waals surface area contributed by atoms with Crippen LogP contribution in [0.4, 0.5) is 0 Å². The van der Waals surface area contributed by atoms with Crippen LogP contribution < -0.4 is 15.4 Å². The standard InChI is InChI=1S/C26H46N4O2.HI/c1-7-27-25(29-22(5)11-10-16-30(8-2)9-3)28-20-26(14-17-32-18-15-26)23-19-21(4)12-13-24(23)31-6;/h12-13,19,22H,7-11,14-18,20H2,1-6H3,(H2,27,28,29);1H. The van der Waals surface area contributed by atoms with E-state index in [4.69, 9.17) is 14.5 Å². The third-order valence-corrected chi connectivity index (χ3v) is 6.65. The molecule has 190 valence electrons. The number of benzene rings is 1. The van der Waals surface area contributed by atoms with Crippen LogP contribution in [0.25, 0.3) is 0 Å². The highest BCUT2D eigenvalue weighted by molar-refractivity contribution is 14.0. The van der Waals surface area contributed by atoms with Gasteiger partial charge in [0.15, 0.2) is 5.96 Å². The summed E-state index contributed by atoms with van der Waals surface area (Å²) < 4.78 is 11.5. The van der Waals surface area contributed by atoms with Crippen LogP contribution in [-0.2, 0) is 10.2 Å². The Morgan fingerprint density at radius 2 is 1.91 bits per heavy atom. The lowest BCUT2D eigenvalue weighted by Crippen LogP contribution is -2.44. The molecule has 1 fully saturated rings. The average molecular weight is 575 g/mol. The fourth-order valence-electron chi connectivity index (χ4n) is 4.53. The molecule has 0 spiro atoms. The number of nitrogens with one attached hydrogen (secondary N) is 2. The molecule has 1 aromatic carbocycles. The van der Waals surface area contributed by atoms with Gasteiger partial charge in [-0.15, -0.1) is 24.0 Å². The highest BCUT2D eigenvalue weighted by atomic mass is 127. The van der Waals surface area contributed by atoms with E-state index in [9.17, 15) is 0 Å². The van der Waals surface area contributed by atoms with Gasteiger partial charge in [-0.25, -0.2) is 0 Å². The molecule has 1 aliphatic heterocycles. The predicted octanol–water partition coefficient (Wildman–Crippen LogP) is 4.74. The lowest BCUT2D eigenvalue weighted by Gasteiger charge is -2.37. The molecular formula is C26H47IN4O2. The Bertz CT molecular complexity index is 704. The molecule has 1 aromatic rings. The van der Waals surface area contributed by atoms with E-state index in [2.05, 4.69) is 68.4 Å². The van der Waals surface area contributed by atoms with E-state index in [0.29, 0.717) is 6.04 Å². The van der Waals surface area contributed by atoms with Gasteiger partial charge in [-0.2, -0.15) is 0 Å². The number of rotatable bonds is 12. The van der Waals surface area contributed by atoms with E-state index in [0.717, 1.165) is 76.9 Å². The van der Waals surface area contributed by atoms with E-state index in [1.807, 2.05) is 0 Å². The SMILES string of the molecule is CCNC(=NCC1(c2cc(C)ccc2OC)CCOCC1)NC(C)CCCN(CC)CC.I. The van der Waals surface area contributed by atoms with Crippen LogP contribution in [-0.4, -0.2) is 69.9 Å². The summed E-state index contributed by atoms with van der Waals surface area (Å²) in [6, 6.07) is 6.86. The molecule has 0 amide bonds. The maximum Gasteiger partial charge on any atom is 0.191 e. The Balaban J connectivity index is 0.00000544. The number of methoxy groups -OCH3 is 1. The van der Waals surface area contributed by atoms with Gasteiger partial charge in [0.05, 0.1) is 13.7 Å². The molecule has 0 radical (unpaired) electrons. The highest BCUT2D eigenvalue weighted by Crippen LogP contribution is 2.40. The van der Waals surface area contributed by atoms with Crippen molar-refractivity contribution in [3.05, 3.63) is 29.3 Å². The van der Waals surface area contributed by atoms with Gasteiger partial charge in [0.2, 0.25) is 0 Å². The average Bonchev–Trinajstić information content (AvgIpc) is 2.81. The summed E-state index contributed by atoms with van der Waals surface area (Å²) in [6.45, 7) is 17.5. The Kier molecular flexibility index (Phi) is 14.3. The molecule has 1 unspecified atom stereocenters. The maximum atomic E-state index is 5.75. The smallest absolute Gasteiger partial charge is 0.191 e. The molecular weight excluding hydrogens is 527 g/mol. The van der Waals surface area contributed by atoms with Crippen molar-refractivity contribution in [3.8, 4) is 5.75 Å². The Hall–Kier alpha value is -1.06. The minimum atomic E-state index is -0.0655. The second-order valence-corrected chi connectivity index (χ2v) is 9.01. The van der Waals surface area contributed by atoms with Gasteiger partial charge in [-0.05, 0) is 72.2 Å². The van der Waals surface area contributed by atoms with Gasteiger partial charge in [0.1, 0.15) is 5.75 Å². The summed E-state index contributed by atoms with van der Waals surface area (Å²) in [4.78, 5) is 7.56. The minimum Gasteiger partial charge on any atom is -0.496 e. The Morgan fingerprint density at radius 1 is 1.21 bits per heavy atom. The lowest BCUT2D eigenvalue weighted by atomic mass is 9.73. The predicted molar refractivity (Wildman–Crippen MR) is 150 cm³/mol. The first kappa shape index (κ1) is 30.0. The van der Waals surface area contributed by atoms with Gasteiger partial charge in [-0.1, -0.05) is 31.5 Å². The molecule has 0 bridgehead atoms. The van der Waals surface area contributed by atoms with Crippen LogP contribution in [0.3, 0.4) is 0 Å². The fraction of sp³-hybridized carbons (Fsp3) is 0.731. The number of nitrogens with zero attached hydrogens (tertiary/aromatic N) is 2. The third-order valence-electron chi connectivity index (χ3n) is 6.65. The summed E-state index contributed by atoms with van der Waals surface area (Å²) in [5.41, 5.74) is 2.45. The largest absolute Gasteiger partial charge is 0.496 e. The molecule has 33 heavy (non-hydrogen) atoms. The lowest BCUT2D eigenvalue weighted by molar-refractivity contribution is 0.0522. The zero-order valence-electron chi connectivity index (χ0n) is 21.7.